The van der Waals surface area contributed by atoms with Crippen LogP contribution in [0.4, 0.5) is 0 Å². The quantitative estimate of drug-likeness (QED) is 0.341. The standard InChI is InChI=1S/C11H10N4O/c12-11(15-16)10-6-9(13-7-14-10)8-4-2-1-3-5-8/h1-7,16H,(H2,12,15). The molecule has 0 saturated heterocycles. The van der Waals surface area contributed by atoms with Gasteiger partial charge in [-0.15, -0.1) is 0 Å². The molecule has 2 aromatic rings. The normalized spacial score (nSPS) is 11.4. The van der Waals surface area contributed by atoms with Crippen molar-refractivity contribution in [2.75, 3.05) is 0 Å². The van der Waals surface area contributed by atoms with Gasteiger partial charge in [-0.3, -0.25) is 0 Å². The van der Waals surface area contributed by atoms with E-state index in [9.17, 15) is 0 Å². The van der Waals surface area contributed by atoms with E-state index in [4.69, 9.17) is 10.9 Å². The van der Waals surface area contributed by atoms with Gasteiger partial charge < -0.3 is 10.9 Å². The number of hydrogen-bond acceptors (Lipinski definition) is 4. The number of benzene rings is 1. The number of nitrogens with two attached hydrogens (primary N) is 1. The summed E-state index contributed by atoms with van der Waals surface area (Å²) in [5, 5.41) is 11.4. The molecule has 0 aliphatic carbocycles. The van der Waals surface area contributed by atoms with Crippen molar-refractivity contribution < 1.29 is 5.21 Å². The predicted molar refractivity (Wildman–Crippen MR) is 60.0 cm³/mol. The fourth-order valence-electron chi connectivity index (χ4n) is 1.32. The highest BCUT2D eigenvalue weighted by Crippen LogP contribution is 2.15. The molecule has 0 bridgehead atoms. The van der Waals surface area contributed by atoms with Gasteiger partial charge in [0.15, 0.2) is 5.84 Å². The summed E-state index contributed by atoms with van der Waals surface area (Å²) in [5.41, 5.74) is 7.54. The van der Waals surface area contributed by atoms with Crippen LogP contribution in [0.15, 0.2) is 47.9 Å². The van der Waals surface area contributed by atoms with E-state index < -0.39 is 0 Å². The summed E-state index contributed by atoms with van der Waals surface area (Å²) < 4.78 is 0. The van der Waals surface area contributed by atoms with Crippen molar-refractivity contribution in [1.29, 1.82) is 0 Å². The molecular formula is C11H10N4O. The van der Waals surface area contributed by atoms with E-state index in [0.717, 1.165) is 11.3 Å². The van der Waals surface area contributed by atoms with Crippen LogP contribution in [0.2, 0.25) is 0 Å². The highest BCUT2D eigenvalue weighted by molar-refractivity contribution is 5.95. The van der Waals surface area contributed by atoms with Crippen molar-refractivity contribution in [3.05, 3.63) is 48.4 Å². The third-order valence-corrected chi connectivity index (χ3v) is 2.11. The Bertz CT molecular complexity index is 510. The van der Waals surface area contributed by atoms with Crippen LogP contribution in [0, 0.1) is 0 Å². The molecular weight excluding hydrogens is 204 g/mol. The van der Waals surface area contributed by atoms with Gasteiger partial charge in [-0.1, -0.05) is 35.5 Å². The second-order valence-electron chi connectivity index (χ2n) is 3.14. The van der Waals surface area contributed by atoms with E-state index in [1.54, 1.807) is 6.07 Å². The van der Waals surface area contributed by atoms with E-state index in [0.29, 0.717) is 5.69 Å². The lowest BCUT2D eigenvalue weighted by Crippen LogP contribution is -2.15. The van der Waals surface area contributed by atoms with E-state index in [2.05, 4.69) is 15.1 Å². The Morgan fingerprint density at radius 2 is 1.94 bits per heavy atom. The van der Waals surface area contributed by atoms with E-state index in [1.165, 1.54) is 6.33 Å². The molecule has 2 rings (SSSR count). The van der Waals surface area contributed by atoms with E-state index >= 15 is 0 Å². The minimum Gasteiger partial charge on any atom is -0.409 e. The first-order chi connectivity index (χ1) is 7.81. The maximum Gasteiger partial charge on any atom is 0.188 e. The van der Waals surface area contributed by atoms with Crippen molar-refractivity contribution in [3.63, 3.8) is 0 Å². The van der Waals surface area contributed by atoms with Crippen molar-refractivity contribution in [3.8, 4) is 11.3 Å². The van der Waals surface area contributed by atoms with Crippen LogP contribution in [-0.2, 0) is 0 Å². The Hall–Kier alpha value is -2.43. The molecule has 5 heteroatoms. The molecule has 0 unspecified atom stereocenters. The molecule has 0 saturated carbocycles. The van der Waals surface area contributed by atoms with Crippen LogP contribution in [0.1, 0.15) is 5.69 Å². The minimum absolute atomic E-state index is 0.0282. The zero-order valence-electron chi connectivity index (χ0n) is 8.41. The third-order valence-electron chi connectivity index (χ3n) is 2.11. The third kappa shape index (κ3) is 1.98. The number of nitrogens with zero attached hydrogens (tertiary/aromatic N) is 3. The van der Waals surface area contributed by atoms with Gasteiger partial charge in [0.2, 0.25) is 0 Å². The molecule has 80 valence electrons. The van der Waals surface area contributed by atoms with Gasteiger partial charge in [0.05, 0.1) is 5.69 Å². The van der Waals surface area contributed by atoms with E-state index in [-0.39, 0.29) is 5.84 Å². The second-order valence-corrected chi connectivity index (χ2v) is 3.14. The number of hydrogen-bond donors (Lipinski definition) is 2. The number of aromatic nitrogens is 2. The molecule has 16 heavy (non-hydrogen) atoms. The van der Waals surface area contributed by atoms with Crippen LogP contribution in [0.25, 0.3) is 11.3 Å². The van der Waals surface area contributed by atoms with Crippen molar-refractivity contribution in [2.24, 2.45) is 10.9 Å². The Morgan fingerprint density at radius 1 is 1.19 bits per heavy atom. The number of rotatable bonds is 2. The molecule has 1 heterocycles. The average molecular weight is 214 g/mol. The van der Waals surface area contributed by atoms with Gasteiger partial charge in [0.25, 0.3) is 0 Å². The Balaban J connectivity index is 2.44. The summed E-state index contributed by atoms with van der Waals surface area (Å²) in [5.74, 6) is -0.0282. The first kappa shape index (κ1) is 10.1. The highest BCUT2D eigenvalue weighted by Gasteiger charge is 2.04. The summed E-state index contributed by atoms with van der Waals surface area (Å²) in [6, 6.07) is 11.3. The van der Waals surface area contributed by atoms with Gasteiger partial charge in [-0.2, -0.15) is 0 Å². The van der Waals surface area contributed by atoms with Crippen molar-refractivity contribution >= 4 is 5.84 Å². The van der Waals surface area contributed by atoms with Crippen molar-refractivity contribution in [1.82, 2.24) is 9.97 Å². The molecule has 1 aromatic heterocycles. The monoisotopic (exact) mass is 214 g/mol. The lowest BCUT2D eigenvalue weighted by Gasteiger charge is -2.02. The van der Waals surface area contributed by atoms with Gasteiger partial charge in [0.1, 0.15) is 12.0 Å². The first-order valence-corrected chi connectivity index (χ1v) is 4.66. The van der Waals surface area contributed by atoms with Gasteiger partial charge in [0, 0.05) is 5.56 Å². The fraction of sp³-hybridized carbons (Fsp3) is 0. The van der Waals surface area contributed by atoms with Crippen molar-refractivity contribution in [2.45, 2.75) is 0 Å². The molecule has 0 atom stereocenters. The second kappa shape index (κ2) is 4.39. The van der Waals surface area contributed by atoms with Crippen LogP contribution in [0.5, 0.6) is 0 Å². The molecule has 0 amide bonds. The molecule has 3 N–H and O–H groups in total. The maximum absolute atomic E-state index is 8.55. The topological polar surface area (TPSA) is 84.4 Å². The largest absolute Gasteiger partial charge is 0.409 e. The summed E-state index contributed by atoms with van der Waals surface area (Å²) in [6.45, 7) is 0. The highest BCUT2D eigenvalue weighted by atomic mass is 16.4. The fourth-order valence-corrected chi connectivity index (χ4v) is 1.32. The number of oxime groups is 1. The van der Waals surface area contributed by atoms with Crippen LogP contribution in [-0.4, -0.2) is 21.0 Å². The smallest absolute Gasteiger partial charge is 0.188 e. The zero-order chi connectivity index (χ0) is 11.4. The average Bonchev–Trinajstić information content (AvgIpc) is 2.39. The molecule has 0 fully saturated rings. The van der Waals surface area contributed by atoms with Gasteiger partial charge in [-0.05, 0) is 6.07 Å². The lowest BCUT2D eigenvalue weighted by molar-refractivity contribution is 0.318. The van der Waals surface area contributed by atoms with Gasteiger partial charge in [-0.25, -0.2) is 9.97 Å². The lowest BCUT2D eigenvalue weighted by atomic mass is 10.1. The minimum atomic E-state index is -0.0282. The molecule has 0 aliphatic rings. The van der Waals surface area contributed by atoms with Crippen LogP contribution in [0.3, 0.4) is 0 Å². The summed E-state index contributed by atoms with van der Waals surface area (Å²) >= 11 is 0. The predicted octanol–water partition coefficient (Wildman–Crippen LogP) is 1.24. The number of amidine groups is 1. The first-order valence-electron chi connectivity index (χ1n) is 4.66. The Kier molecular flexibility index (Phi) is 2.77. The molecule has 0 spiro atoms. The summed E-state index contributed by atoms with van der Waals surface area (Å²) in [4.78, 5) is 8.03. The molecule has 0 aliphatic heterocycles. The van der Waals surface area contributed by atoms with Crippen LogP contribution >= 0.6 is 0 Å². The SMILES string of the molecule is N/C(=N\O)c1cc(-c2ccccc2)ncn1. The van der Waals surface area contributed by atoms with Gasteiger partial charge >= 0.3 is 0 Å². The zero-order valence-corrected chi connectivity index (χ0v) is 8.41. The molecule has 0 radical (unpaired) electrons. The molecule has 5 nitrogen and oxygen atoms in total. The molecule has 1 aromatic carbocycles. The summed E-state index contributed by atoms with van der Waals surface area (Å²) in [6.07, 6.45) is 1.38. The Labute approximate surface area is 92.3 Å². The van der Waals surface area contributed by atoms with E-state index in [1.807, 2.05) is 30.3 Å². The maximum atomic E-state index is 8.55. The Morgan fingerprint density at radius 3 is 2.62 bits per heavy atom. The van der Waals surface area contributed by atoms with Crippen LogP contribution < -0.4 is 5.73 Å². The summed E-state index contributed by atoms with van der Waals surface area (Å²) in [7, 11) is 0.